The SMILES string of the molecule is CN1CCC[C@@H]1COc1nc2c(F)c(Br)c(Cl)cc2c(N[C@H]2CCN(C(=O)OC(C)(C)C)[C@H](CCO[Si](C)(C)C(C)(C)C)C2)c1C=O. The number of anilines is 1. The number of hydrogen-bond acceptors (Lipinski definition) is 8. The molecule has 0 bridgehead atoms. The predicted octanol–water partition coefficient (Wildman–Crippen LogP) is 8.67. The van der Waals surface area contributed by atoms with Gasteiger partial charge in [-0.25, -0.2) is 14.2 Å². The number of piperidine rings is 1. The van der Waals surface area contributed by atoms with Gasteiger partial charge in [-0.3, -0.25) is 4.79 Å². The molecule has 2 aromatic rings. The summed E-state index contributed by atoms with van der Waals surface area (Å²) >= 11 is 9.67. The minimum absolute atomic E-state index is 0.0506. The first-order valence-electron chi connectivity index (χ1n) is 16.5. The molecule has 2 aliphatic heterocycles. The van der Waals surface area contributed by atoms with Gasteiger partial charge in [0.1, 0.15) is 23.3 Å². The average Bonchev–Trinajstić information content (AvgIpc) is 3.38. The first-order chi connectivity index (χ1) is 21.8. The van der Waals surface area contributed by atoms with Crippen molar-refractivity contribution in [1.29, 1.82) is 0 Å². The Bertz CT molecular complexity index is 1470. The third kappa shape index (κ3) is 8.98. The molecule has 0 spiro atoms. The lowest BCUT2D eigenvalue weighted by molar-refractivity contribution is 0.00624. The fourth-order valence-corrected chi connectivity index (χ4v) is 7.48. The zero-order chi connectivity index (χ0) is 34.9. The van der Waals surface area contributed by atoms with Gasteiger partial charge < -0.3 is 29.0 Å². The van der Waals surface area contributed by atoms with E-state index >= 15 is 4.39 Å². The molecule has 3 atom stereocenters. The first kappa shape index (κ1) is 37.8. The lowest BCUT2D eigenvalue weighted by Crippen LogP contribution is -2.51. The highest BCUT2D eigenvalue weighted by Gasteiger charge is 2.39. The summed E-state index contributed by atoms with van der Waals surface area (Å²) in [6, 6.07) is 1.45. The second-order valence-corrected chi connectivity index (χ2v) is 21.4. The van der Waals surface area contributed by atoms with Gasteiger partial charge in [0.15, 0.2) is 20.4 Å². The van der Waals surface area contributed by atoms with Crippen molar-refractivity contribution in [2.45, 2.75) is 116 Å². The molecule has 1 aromatic carbocycles. The van der Waals surface area contributed by atoms with Crippen LogP contribution >= 0.6 is 27.5 Å². The topological polar surface area (TPSA) is 93.2 Å². The van der Waals surface area contributed by atoms with Crippen LogP contribution in [-0.4, -0.2) is 92.6 Å². The highest BCUT2D eigenvalue weighted by Crippen LogP contribution is 2.40. The van der Waals surface area contributed by atoms with Crippen LogP contribution in [0.25, 0.3) is 10.9 Å². The number of carbonyl (C=O) groups excluding carboxylic acids is 2. The zero-order valence-corrected chi connectivity index (χ0v) is 32.6. The van der Waals surface area contributed by atoms with Gasteiger partial charge in [-0.15, -0.1) is 0 Å². The number of likely N-dealkylation sites (N-methyl/N-ethyl adjacent to an activating group) is 1. The normalized spacial score (nSPS) is 21.3. The summed E-state index contributed by atoms with van der Waals surface area (Å²) in [7, 11) is 0.0336. The molecule has 47 heavy (non-hydrogen) atoms. The van der Waals surface area contributed by atoms with Gasteiger partial charge in [0.25, 0.3) is 0 Å². The molecule has 2 fully saturated rings. The van der Waals surface area contributed by atoms with Crippen LogP contribution in [0.15, 0.2) is 10.5 Å². The second-order valence-electron chi connectivity index (χ2n) is 15.4. The van der Waals surface area contributed by atoms with Crippen LogP contribution in [-0.2, 0) is 9.16 Å². The number of nitrogens with zero attached hydrogens (tertiary/aromatic N) is 3. The molecule has 2 saturated heterocycles. The summed E-state index contributed by atoms with van der Waals surface area (Å²) in [6.45, 7) is 18.9. The van der Waals surface area contributed by atoms with Crippen molar-refractivity contribution in [2.75, 3.05) is 38.7 Å². The Hall–Kier alpha value is -1.99. The molecule has 1 N–H and O–H groups in total. The third-order valence-electron chi connectivity index (χ3n) is 9.73. The number of carbonyl (C=O) groups is 2. The maximum absolute atomic E-state index is 15.7. The van der Waals surface area contributed by atoms with Gasteiger partial charge in [-0.05, 0) is 107 Å². The van der Waals surface area contributed by atoms with Crippen LogP contribution in [0.5, 0.6) is 5.88 Å². The average molecular weight is 758 g/mol. The monoisotopic (exact) mass is 756 g/mol. The largest absolute Gasteiger partial charge is 0.475 e. The quantitative estimate of drug-likeness (QED) is 0.146. The van der Waals surface area contributed by atoms with Gasteiger partial charge in [0.2, 0.25) is 5.88 Å². The number of rotatable bonds is 10. The molecular weight excluding hydrogens is 707 g/mol. The van der Waals surface area contributed by atoms with E-state index in [2.05, 4.69) is 65.0 Å². The number of amides is 1. The van der Waals surface area contributed by atoms with E-state index in [0.717, 1.165) is 19.4 Å². The highest BCUT2D eigenvalue weighted by molar-refractivity contribution is 9.10. The second kappa shape index (κ2) is 14.9. The maximum Gasteiger partial charge on any atom is 0.410 e. The van der Waals surface area contributed by atoms with Crippen LogP contribution in [0.1, 0.15) is 84.0 Å². The first-order valence-corrected chi connectivity index (χ1v) is 20.6. The van der Waals surface area contributed by atoms with Crippen LogP contribution < -0.4 is 10.1 Å². The summed E-state index contributed by atoms with van der Waals surface area (Å²) in [5.74, 6) is -0.551. The van der Waals surface area contributed by atoms with Crippen molar-refractivity contribution in [3.05, 3.63) is 26.9 Å². The molecule has 9 nitrogen and oxygen atoms in total. The summed E-state index contributed by atoms with van der Waals surface area (Å²) in [5.41, 5.74) is 0.0443. The fourth-order valence-electron chi connectivity index (χ4n) is 5.93. The number of benzene rings is 1. The van der Waals surface area contributed by atoms with Crippen LogP contribution in [0.3, 0.4) is 0 Å². The summed E-state index contributed by atoms with van der Waals surface area (Å²) in [6.07, 6.45) is 4.15. The van der Waals surface area contributed by atoms with E-state index in [0.29, 0.717) is 56.4 Å². The summed E-state index contributed by atoms with van der Waals surface area (Å²) < 4.78 is 34.2. The van der Waals surface area contributed by atoms with Crippen molar-refractivity contribution < 1.29 is 27.9 Å². The molecule has 3 heterocycles. The van der Waals surface area contributed by atoms with E-state index in [1.165, 1.54) is 0 Å². The molecular formula is C34H51BrClFN4O5Si. The molecule has 0 radical (unpaired) electrons. The van der Waals surface area contributed by atoms with E-state index in [1.54, 1.807) is 11.0 Å². The van der Waals surface area contributed by atoms with Gasteiger partial charge in [-0.1, -0.05) is 32.4 Å². The fraction of sp³-hybridized carbons (Fsp3) is 0.676. The molecule has 1 aromatic heterocycles. The Morgan fingerprint density at radius 1 is 1.19 bits per heavy atom. The zero-order valence-electron chi connectivity index (χ0n) is 29.3. The number of aldehydes is 1. The number of nitrogens with one attached hydrogen (secondary N) is 1. The summed E-state index contributed by atoms with van der Waals surface area (Å²) in [4.78, 5) is 34.6. The molecule has 13 heteroatoms. The Labute approximate surface area is 293 Å². The van der Waals surface area contributed by atoms with Crippen LogP contribution in [0.2, 0.25) is 23.2 Å². The number of halogens is 3. The Balaban J connectivity index is 1.66. The number of fused-ring (bicyclic) bond motifs is 1. The van der Waals surface area contributed by atoms with Gasteiger partial charge >= 0.3 is 6.09 Å². The standard InChI is InChI=1S/C34H51BrClFN4O5Si/c1-33(2,3)46-32(43)41-15-12-21(17-22(41)13-16-45-47(8,9)34(4,5)6)38-29-24-18-26(36)27(35)28(37)30(24)39-31(25(29)19-42)44-20-23-11-10-14-40(23)7/h18-19,21-23H,10-17,20H2,1-9H3,(H,38,39)/t21-,22+,23+/m0/s1. The lowest BCUT2D eigenvalue weighted by atomic mass is 9.94. The van der Waals surface area contributed by atoms with Gasteiger partial charge in [0.05, 0.1) is 15.2 Å². The Morgan fingerprint density at radius 3 is 2.49 bits per heavy atom. The minimum atomic E-state index is -2.01. The summed E-state index contributed by atoms with van der Waals surface area (Å²) in [5, 5.41) is 4.16. The highest BCUT2D eigenvalue weighted by atomic mass is 79.9. The number of ether oxygens (including phenoxy) is 2. The molecule has 262 valence electrons. The van der Waals surface area contributed by atoms with Crippen molar-refractivity contribution >= 4 is 64.8 Å². The minimum Gasteiger partial charge on any atom is -0.475 e. The molecule has 0 unspecified atom stereocenters. The van der Waals surface area contributed by atoms with Crippen molar-refractivity contribution in [3.63, 3.8) is 0 Å². The van der Waals surface area contributed by atoms with E-state index in [1.807, 2.05) is 27.8 Å². The van der Waals surface area contributed by atoms with Crippen molar-refractivity contribution in [3.8, 4) is 5.88 Å². The number of hydrogen-bond donors (Lipinski definition) is 1. The smallest absolute Gasteiger partial charge is 0.410 e. The number of pyridine rings is 1. The Morgan fingerprint density at radius 2 is 1.89 bits per heavy atom. The van der Waals surface area contributed by atoms with E-state index in [4.69, 9.17) is 25.5 Å². The predicted molar refractivity (Wildman–Crippen MR) is 192 cm³/mol. The molecule has 4 rings (SSSR count). The third-order valence-corrected chi connectivity index (χ3v) is 15.6. The molecule has 2 aliphatic rings. The van der Waals surface area contributed by atoms with E-state index in [9.17, 15) is 9.59 Å². The van der Waals surface area contributed by atoms with Crippen molar-refractivity contribution in [2.24, 2.45) is 0 Å². The molecule has 0 aliphatic carbocycles. The maximum atomic E-state index is 15.7. The molecule has 1 amide bonds. The van der Waals surface area contributed by atoms with Crippen LogP contribution in [0.4, 0.5) is 14.9 Å². The van der Waals surface area contributed by atoms with E-state index in [-0.39, 0.29) is 55.7 Å². The number of aromatic nitrogens is 1. The molecule has 0 saturated carbocycles. The van der Waals surface area contributed by atoms with Gasteiger partial charge in [-0.2, -0.15) is 0 Å². The van der Waals surface area contributed by atoms with Gasteiger partial charge in [0, 0.05) is 36.7 Å². The number of likely N-dealkylation sites (tertiary alicyclic amines) is 2. The van der Waals surface area contributed by atoms with E-state index < -0.39 is 19.7 Å². The van der Waals surface area contributed by atoms with Crippen molar-refractivity contribution in [1.82, 2.24) is 14.8 Å². The van der Waals surface area contributed by atoms with Crippen LogP contribution in [0, 0.1) is 5.82 Å². The Kier molecular flexibility index (Phi) is 12.0. The lowest BCUT2D eigenvalue weighted by Gasteiger charge is -2.42.